The maximum absolute atomic E-state index is 5.53. The second kappa shape index (κ2) is 7.32. The van der Waals surface area contributed by atoms with Crippen molar-refractivity contribution in [3.63, 3.8) is 0 Å². The fourth-order valence-corrected chi connectivity index (χ4v) is 4.89. The predicted octanol–water partition coefficient (Wildman–Crippen LogP) is 2.86. The number of benzene rings is 1. The molecule has 5 heteroatoms. The van der Waals surface area contributed by atoms with Gasteiger partial charge >= 0.3 is 0 Å². The summed E-state index contributed by atoms with van der Waals surface area (Å²) in [7, 11) is 0. The summed E-state index contributed by atoms with van der Waals surface area (Å²) >= 11 is 3.65. The van der Waals surface area contributed by atoms with Gasteiger partial charge in [-0.2, -0.15) is 0 Å². The molecule has 0 saturated carbocycles. The van der Waals surface area contributed by atoms with Gasteiger partial charge in [0.15, 0.2) is 0 Å². The molecule has 0 radical (unpaired) electrons. The summed E-state index contributed by atoms with van der Waals surface area (Å²) in [5, 5.41) is 3.52. The van der Waals surface area contributed by atoms with Gasteiger partial charge in [0.25, 0.3) is 0 Å². The molecule has 0 aromatic heterocycles. The summed E-state index contributed by atoms with van der Waals surface area (Å²) in [4.78, 5) is 5.17. The summed E-state index contributed by atoms with van der Waals surface area (Å²) < 4.78 is 6.70. The Morgan fingerprint density at radius 1 is 1.08 bits per heavy atom. The minimum Gasteiger partial charge on any atom is -0.378 e. The zero-order valence-electron chi connectivity index (χ0n) is 14.4. The fraction of sp³-hybridized carbons (Fsp3) is 0.684. The van der Waals surface area contributed by atoms with Crippen molar-refractivity contribution in [1.82, 2.24) is 10.2 Å². The molecule has 3 heterocycles. The van der Waals surface area contributed by atoms with E-state index in [-0.39, 0.29) is 0 Å². The van der Waals surface area contributed by atoms with E-state index in [0.29, 0.717) is 5.41 Å². The van der Waals surface area contributed by atoms with E-state index < -0.39 is 0 Å². The Hall–Kier alpha value is -0.620. The maximum Gasteiger partial charge on any atom is 0.0642 e. The quantitative estimate of drug-likeness (QED) is 0.854. The lowest BCUT2D eigenvalue weighted by molar-refractivity contribution is 0.122. The molecule has 1 aromatic carbocycles. The number of nitrogens with zero attached hydrogens (tertiary/aromatic N) is 2. The summed E-state index contributed by atoms with van der Waals surface area (Å²) in [6, 6.07) is 6.79. The van der Waals surface area contributed by atoms with Gasteiger partial charge in [0.1, 0.15) is 0 Å². The number of halogens is 1. The third-order valence-corrected chi connectivity index (χ3v) is 6.47. The largest absolute Gasteiger partial charge is 0.378 e. The van der Waals surface area contributed by atoms with E-state index in [1.807, 2.05) is 0 Å². The molecule has 4 rings (SSSR count). The van der Waals surface area contributed by atoms with Gasteiger partial charge in [0, 0.05) is 36.3 Å². The van der Waals surface area contributed by atoms with E-state index in [0.717, 1.165) is 32.8 Å². The normalized spacial score (nSPS) is 24.6. The number of hydrogen-bond donors (Lipinski definition) is 1. The maximum atomic E-state index is 5.53. The van der Waals surface area contributed by atoms with Crippen LogP contribution >= 0.6 is 15.9 Å². The SMILES string of the molecule is Brc1ccc(CN2CCC3(CCNCC3)C2)c(N2CCOCC2)c1. The summed E-state index contributed by atoms with van der Waals surface area (Å²) in [5.74, 6) is 0. The average Bonchev–Trinajstić information content (AvgIpc) is 3.00. The van der Waals surface area contributed by atoms with Crippen LogP contribution in [0.25, 0.3) is 0 Å². The third kappa shape index (κ3) is 3.64. The Morgan fingerprint density at radius 3 is 2.67 bits per heavy atom. The number of nitrogens with one attached hydrogen (secondary N) is 1. The van der Waals surface area contributed by atoms with Crippen LogP contribution in [0.2, 0.25) is 0 Å². The lowest BCUT2D eigenvalue weighted by Gasteiger charge is -2.34. The third-order valence-electron chi connectivity index (χ3n) is 5.97. The van der Waals surface area contributed by atoms with Crippen molar-refractivity contribution < 1.29 is 4.74 Å². The van der Waals surface area contributed by atoms with Crippen LogP contribution in [0.3, 0.4) is 0 Å². The highest BCUT2D eigenvalue weighted by Gasteiger charge is 2.38. The van der Waals surface area contributed by atoms with Gasteiger partial charge in [-0.05, 0) is 62.0 Å². The van der Waals surface area contributed by atoms with E-state index in [4.69, 9.17) is 4.74 Å². The van der Waals surface area contributed by atoms with Gasteiger partial charge in [-0.3, -0.25) is 4.90 Å². The number of hydrogen-bond acceptors (Lipinski definition) is 4. The van der Waals surface area contributed by atoms with Crippen molar-refractivity contribution >= 4 is 21.6 Å². The Labute approximate surface area is 153 Å². The van der Waals surface area contributed by atoms with Crippen molar-refractivity contribution in [1.29, 1.82) is 0 Å². The first-order valence-electron chi connectivity index (χ1n) is 9.28. The van der Waals surface area contributed by atoms with E-state index in [1.165, 1.54) is 61.2 Å². The number of piperidine rings is 1. The molecule has 1 spiro atoms. The van der Waals surface area contributed by atoms with Gasteiger partial charge in [0.05, 0.1) is 13.2 Å². The van der Waals surface area contributed by atoms with Crippen LogP contribution in [0.5, 0.6) is 0 Å². The van der Waals surface area contributed by atoms with E-state index in [9.17, 15) is 0 Å². The molecule has 132 valence electrons. The predicted molar refractivity (Wildman–Crippen MR) is 102 cm³/mol. The summed E-state index contributed by atoms with van der Waals surface area (Å²) in [6.45, 7) is 9.67. The Bertz CT molecular complexity index is 568. The molecule has 0 aliphatic carbocycles. The number of ether oxygens (including phenoxy) is 1. The molecule has 4 nitrogen and oxygen atoms in total. The molecule has 0 atom stereocenters. The van der Waals surface area contributed by atoms with Crippen LogP contribution in [0.4, 0.5) is 5.69 Å². The first-order valence-corrected chi connectivity index (χ1v) is 10.1. The standard InChI is InChI=1S/C19H28BrN3O/c20-17-2-1-16(18(13-17)23-9-11-24-12-10-23)14-22-8-5-19(15-22)3-6-21-7-4-19/h1-2,13,21H,3-12,14-15H2. The molecule has 0 unspecified atom stereocenters. The zero-order valence-corrected chi connectivity index (χ0v) is 16.0. The van der Waals surface area contributed by atoms with Gasteiger partial charge in [-0.15, -0.1) is 0 Å². The van der Waals surface area contributed by atoms with Crippen LogP contribution in [-0.4, -0.2) is 57.4 Å². The van der Waals surface area contributed by atoms with Crippen molar-refractivity contribution in [2.45, 2.75) is 25.8 Å². The second-order valence-electron chi connectivity index (χ2n) is 7.58. The van der Waals surface area contributed by atoms with Crippen LogP contribution in [-0.2, 0) is 11.3 Å². The zero-order chi connectivity index (χ0) is 16.4. The van der Waals surface area contributed by atoms with Gasteiger partial charge < -0.3 is 15.0 Å². The first kappa shape index (κ1) is 16.8. The Morgan fingerprint density at radius 2 is 1.88 bits per heavy atom. The van der Waals surface area contributed by atoms with Crippen LogP contribution < -0.4 is 10.2 Å². The Balaban J connectivity index is 1.48. The van der Waals surface area contributed by atoms with Crippen molar-refractivity contribution in [2.75, 3.05) is 57.4 Å². The molecular weight excluding hydrogens is 366 g/mol. The number of likely N-dealkylation sites (tertiary alicyclic amines) is 1. The highest BCUT2D eigenvalue weighted by Crippen LogP contribution is 2.39. The van der Waals surface area contributed by atoms with E-state index in [1.54, 1.807) is 0 Å². The van der Waals surface area contributed by atoms with E-state index in [2.05, 4.69) is 49.2 Å². The lowest BCUT2D eigenvalue weighted by atomic mass is 9.78. The van der Waals surface area contributed by atoms with Crippen LogP contribution in [0, 0.1) is 5.41 Å². The average molecular weight is 394 g/mol. The van der Waals surface area contributed by atoms with Gasteiger partial charge in [-0.1, -0.05) is 22.0 Å². The number of anilines is 1. The van der Waals surface area contributed by atoms with Crippen molar-refractivity contribution in [2.24, 2.45) is 5.41 Å². The molecule has 3 fully saturated rings. The minimum absolute atomic E-state index is 0.583. The second-order valence-corrected chi connectivity index (χ2v) is 8.50. The molecule has 1 N–H and O–H groups in total. The molecular formula is C19H28BrN3O. The number of morpholine rings is 1. The topological polar surface area (TPSA) is 27.7 Å². The highest BCUT2D eigenvalue weighted by atomic mass is 79.9. The molecule has 3 aliphatic rings. The fourth-order valence-electron chi connectivity index (χ4n) is 4.54. The Kier molecular flexibility index (Phi) is 5.13. The summed E-state index contributed by atoms with van der Waals surface area (Å²) in [6.07, 6.45) is 4.07. The monoisotopic (exact) mass is 393 g/mol. The molecule has 0 amide bonds. The van der Waals surface area contributed by atoms with Gasteiger partial charge in [0.2, 0.25) is 0 Å². The van der Waals surface area contributed by atoms with Gasteiger partial charge in [-0.25, -0.2) is 0 Å². The first-order chi connectivity index (χ1) is 11.7. The minimum atomic E-state index is 0.583. The van der Waals surface area contributed by atoms with Crippen molar-refractivity contribution in [3.05, 3.63) is 28.2 Å². The smallest absolute Gasteiger partial charge is 0.0642 e. The number of rotatable bonds is 3. The molecule has 1 aromatic rings. The molecule has 24 heavy (non-hydrogen) atoms. The summed E-state index contributed by atoms with van der Waals surface area (Å²) in [5.41, 5.74) is 3.43. The van der Waals surface area contributed by atoms with Crippen molar-refractivity contribution in [3.8, 4) is 0 Å². The lowest BCUT2D eigenvalue weighted by Crippen LogP contribution is -2.39. The highest BCUT2D eigenvalue weighted by molar-refractivity contribution is 9.10. The van der Waals surface area contributed by atoms with E-state index >= 15 is 0 Å². The van der Waals surface area contributed by atoms with Crippen LogP contribution in [0.1, 0.15) is 24.8 Å². The molecule has 0 bridgehead atoms. The molecule has 3 saturated heterocycles. The van der Waals surface area contributed by atoms with Crippen LogP contribution in [0.15, 0.2) is 22.7 Å². The molecule has 3 aliphatic heterocycles.